The van der Waals surface area contributed by atoms with Gasteiger partial charge in [0.2, 0.25) is 0 Å². The Labute approximate surface area is 165 Å². The molecule has 0 saturated heterocycles. The van der Waals surface area contributed by atoms with E-state index in [0.717, 1.165) is 5.56 Å². The second-order valence-corrected chi connectivity index (χ2v) is 7.23. The van der Waals surface area contributed by atoms with E-state index >= 15 is 0 Å². The molecule has 1 aliphatic heterocycles. The van der Waals surface area contributed by atoms with Crippen LogP contribution >= 0.6 is 23.2 Å². The van der Waals surface area contributed by atoms with Gasteiger partial charge in [0.1, 0.15) is 5.82 Å². The Morgan fingerprint density at radius 3 is 2.63 bits per heavy atom. The lowest BCUT2D eigenvalue weighted by atomic mass is 10.1. The molecule has 0 spiro atoms. The zero-order chi connectivity index (χ0) is 19.1. The van der Waals surface area contributed by atoms with E-state index in [1.807, 2.05) is 11.5 Å². The summed E-state index contributed by atoms with van der Waals surface area (Å²) >= 11 is 12.2. The minimum atomic E-state index is -0.305. The van der Waals surface area contributed by atoms with Crippen molar-refractivity contribution in [3.8, 4) is 11.4 Å². The molecule has 0 fully saturated rings. The van der Waals surface area contributed by atoms with Gasteiger partial charge in [0.05, 0.1) is 22.2 Å². The Morgan fingerprint density at radius 2 is 1.89 bits per heavy atom. The molecule has 2 heterocycles. The lowest BCUT2D eigenvalue weighted by Crippen LogP contribution is -2.45. The van der Waals surface area contributed by atoms with Crippen molar-refractivity contribution in [1.29, 1.82) is 0 Å². The number of aromatic nitrogens is 3. The molecule has 3 aromatic rings. The van der Waals surface area contributed by atoms with Crippen LogP contribution in [0.3, 0.4) is 0 Å². The molecular formula is C19H15Cl2FN4O. The number of carbonyl (C=O) groups excluding carboxylic acids is 1. The number of halogens is 3. The van der Waals surface area contributed by atoms with Gasteiger partial charge < -0.3 is 9.47 Å². The highest BCUT2D eigenvalue weighted by Crippen LogP contribution is 2.30. The lowest BCUT2D eigenvalue weighted by molar-refractivity contribution is 0.0612. The Kier molecular flexibility index (Phi) is 4.61. The largest absolute Gasteiger partial charge is 0.327 e. The molecular weight excluding hydrogens is 390 g/mol. The molecule has 8 heteroatoms. The van der Waals surface area contributed by atoms with E-state index in [2.05, 4.69) is 10.2 Å². The summed E-state index contributed by atoms with van der Waals surface area (Å²) < 4.78 is 15.1. The van der Waals surface area contributed by atoms with Crippen molar-refractivity contribution >= 4 is 29.1 Å². The Morgan fingerprint density at radius 1 is 1.15 bits per heavy atom. The highest BCUT2D eigenvalue weighted by atomic mass is 35.5. The number of fused-ring (bicyclic) bond motifs is 1. The van der Waals surface area contributed by atoms with Crippen LogP contribution in [0.1, 0.15) is 23.1 Å². The molecule has 0 unspecified atom stereocenters. The standard InChI is InChI=1S/C19H15Cl2FN4O/c1-11-9-26-16(23-24-18(26)12-5-7-13(22)8-6-12)10-25(11)19(27)14-3-2-4-15(20)17(14)21/h2-8,11H,9-10H2,1H3/t11-/m0/s1. The van der Waals surface area contributed by atoms with Gasteiger partial charge in [-0.3, -0.25) is 4.79 Å². The first-order valence-electron chi connectivity index (χ1n) is 8.38. The summed E-state index contributed by atoms with van der Waals surface area (Å²) in [7, 11) is 0. The van der Waals surface area contributed by atoms with Crippen LogP contribution in [0.2, 0.25) is 10.0 Å². The number of nitrogens with zero attached hydrogens (tertiary/aromatic N) is 4. The monoisotopic (exact) mass is 404 g/mol. The number of carbonyl (C=O) groups is 1. The molecule has 138 valence electrons. The molecule has 1 atom stereocenters. The SMILES string of the molecule is C[C@H]1Cn2c(nnc2-c2ccc(F)cc2)CN1C(=O)c1cccc(Cl)c1Cl. The van der Waals surface area contributed by atoms with Crippen LogP contribution in [0.25, 0.3) is 11.4 Å². The lowest BCUT2D eigenvalue weighted by Gasteiger charge is -2.34. The summed E-state index contributed by atoms with van der Waals surface area (Å²) in [5.74, 6) is 0.817. The van der Waals surface area contributed by atoms with Crippen molar-refractivity contribution in [1.82, 2.24) is 19.7 Å². The van der Waals surface area contributed by atoms with E-state index in [-0.39, 0.29) is 22.8 Å². The van der Waals surface area contributed by atoms with E-state index in [9.17, 15) is 9.18 Å². The average molecular weight is 405 g/mol. The summed E-state index contributed by atoms with van der Waals surface area (Å²) in [6.45, 7) is 2.78. The summed E-state index contributed by atoms with van der Waals surface area (Å²) in [4.78, 5) is 14.7. The van der Waals surface area contributed by atoms with Crippen molar-refractivity contribution in [3.63, 3.8) is 0 Å². The van der Waals surface area contributed by atoms with E-state index in [1.54, 1.807) is 35.2 Å². The molecule has 2 aromatic carbocycles. The molecule has 0 bridgehead atoms. The highest BCUT2D eigenvalue weighted by molar-refractivity contribution is 6.43. The first kappa shape index (κ1) is 17.9. The molecule has 1 aromatic heterocycles. The number of amides is 1. The number of hydrogen-bond donors (Lipinski definition) is 0. The predicted octanol–water partition coefficient (Wildman–Crippen LogP) is 4.44. The van der Waals surface area contributed by atoms with Gasteiger partial charge in [-0.2, -0.15) is 0 Å². The second kappa shape index (κ2) is 6.94. The Hall–Kier alpha value is -2.44. The minimum absolute atomic E-state index is 0.102. The molecule has 0 N–H and O–H groups in total. The molecule has 4 rings (SSSR count). The van der Waals surface area contributed by atoms with E-state index < -0.39 is 0 Å². The molecule has 1 aliphatic rings. The maximum Gasteiger partial charge on any atom is 0.256 e. The zero-order valence-electron chi connectivity index (χ0n) is 14.4. The van der Waals surface area contributed by atoms with E-state index in [1.165, 1.54) is 12.1 Å². The fourth-order valence-electron chi connectivity index (χ4n) is 3.22. The zero-order valence-corrected chi connectivity index (χ0v) is 15.9. The number of rotatable bonds is 2. The van der Waals surface area contributed by atoms with Gasteiger partial charge in [0, 0.05) is 18.2 Å². The van der Waals surface area contributed by atoms with Crippen molar-refractivity contribution in [2.75, 3.05) is 0 Å². The third-order valence-corrected chi connectivity index (χ3v) is 5.48. The van der Waals surface area contributed by atoms with Crippen LogP contribution in [-0.2, 0) is 13.1 Å². The smallest absolute Gasteiger partial charge is 0.256 e. The van der Waals surface area contributed by atoms with Crippen LogP contribution < -0.4 is 0 Å². The van der Waals surface area contributed by atoms with Crippen molar-refractivity contribution < 1.29 is 9.18 Å². The third kappa shape index (κ3) is 3.19. The predicted molar refractivity (Wildman–Crippen MR) is 101 cm³/mol. The fourth-order valence-corrected chi connectivity index (χ4v) is 3.60. The van der Waals surface area contributed by atoms with Gasteiger partial charge in [-0.25, -0.2) is 4.39 Å². The van der Waals surface area contributed by atoms with Gasteiger partial charge >= 0.3 is 0 Å². The van der Waals surface area contributed by atoms with E-state index in [4.69, 9.17) is 23.2 Å². The van der Waals surface area contributed by atoms with Crippen LogP contribution in [0.4, 0.5) is 4.39 Å². The van der Waals surface area contributed by atoms with Crippen LogP contribution in [0.15, 0.2) is 42.5 Å². The number of hydrogen-bond acceptors (Lipinski definition) is 3. The highest BCUT2D eigenvalue weighted by Gasteiger charge is 2.31. The molecule has 1 amide bonds. The van der Waals surface area contributed by atoms with Gasteiger partial charge in [-0.05, 0) is 43.3 Å². The van der Waals surface area contributed by atoms with Crippen LogP contribution in [0, 0.1) is 5.82 Å². The van der Waals surface area contributed by atoms with Gasteiger partial charge in [-0.15, -0.1) is 10.2 Å². The summed E-state index contributed by atoms with van der Waals surface area (Å²) in [6.07, 6.45) is 0. The van der Waals surface area contributed by atoms with E-state index in [0.29, 0.717) is 35.3 Å². The van der Waals surface area contributed by atoms with Gasteiger partial charge in [0.25, 0.3) is 5.91 Å². The molecule has 27 heavy (non-hydrogen) atoms. The van der Waals surface area contributed by atoms with Crippen molar-refractivity contribution in [3.05, 3.63) is 69.7 Å². The van der Waals surface area contributed by atoms with Crippen LogP contribution in [0.5, 0.6) is 0 Å². The maximum absolute atomic E-state index is 13.2. The molecule has 0 saturated carbocycles. The maximum atomic E-state index is 13.2. The second-order valence-electron chi connectivity index (χ2n) is 6.44. The minimum Gasteiger partial charge on any atom is -0.327 e. The quantitative estimate of drug-likeness (QED) is 0.634. The van der Waals surface area contributed by atoms with Gasteiger partial charge in [-0.1, -0.05) is 29.3 Å². The van der Waals surface area contributed by atoms with Crippen LogP contribution in [-0.4, -0.2) is 31.6 Å². The van der Waals surface area contributed by atoms with Crippen molar-refractivity contribution in [2.24, 2.45) is 0 Å². The fraction of sp³-hybridized carbons (Fsp3) is 0.211. The topological polar surface area (TPSA) is 51.0 Å². The van der Waals surface area contributed by atoms with Gasteiger partial charge in [0.15, 0.2) is 11.6 Å². The summed E-state index contributed by atoms with van der Waals surface area (Å²) in [5.41, 5.74) is 1.14. The number of benzene rings is 2. The Bertz CT molecular complexity index is 1020. The molecule has 0 radical (unpaired) electrons. The summed E-state index contributed by atoms with van der Waals surface area (Å²) in [6, 6.07) is 11.0. The third-order valence-electron chi connectivity index (χ3n) is 4.66. The first-order chi connectivity index (χ1) is 13.0. The van der Waals surface area contributed by atoms with Crippen molar-refractivity contribution in [2.45, 2.75) is 26.1 Å². The molecule has 0 aliphatic carbocycles. The normalized spacial score (nSPS) is 16.3. The summed E-state index contributed by atoms with van der Waals surface area (Å²) in [5, 5.41) is 9.05. The Balaban J connectivity index is 1.65. The first-order valence-corrected chi connectivity index (χ1v) is 9.14. The molecule has 5 nitrogen and oxygen atoms in total. The average Bonchev–Trinajstić information content (AvgIpc) is 3.06.